The summed E-state index contributed by atoms with van der Waals surface area (Å²) in [5.74, 6) is -2.32. The van der Waals surface area contributed by atoms with Crippen LogP contribution in [0.4, 0.5) is 26.1 Å². The van der Waals surface area contributed by atoms with Crippen LogP contribution in [0.3, 0.4) is 0 Å². The normalized spacial score (nSPS) is 10.4. The van der Waals surface area contributed by atoms with Gasteiger partial charge >= 0.3 is 0 Å². The van der Waals surface area contributed by atoms with Crippen molar-refractivity contribution in [2.45, 2.75) is 0 Å². The van der Waals surface area contributed by atoms with Crippen molar-refractivity contribution in [1.82, 2.24) is 9.97 Å². The van der Waals surface area contributed by atoms with Gasteiger partial charge in [0.25, 0.3) is 5.91 Å². The molecule has 0 bridgehead atoms. The molecule has 3 aromatic rings. The highest BCUT2D eigenvalue weighted by atomic mass is 35.5. The highest BCUT2D eigenvalue weighted by Gasteiger charge is 2.10. The maximum absolute atomic E-state index is 13.2. The van der Waals surface area contributed by atoms with E-state index in [4.69, 9.17) is 11.6 Å². The van der Waals surface area contributed by atoms with E-state index < -0.39 is 17.5 Å². The first-order chi connectivity index (χ1) is 12.0. The van der Waals surface area contributed by atoms with Gasteiger partial charge in [0.05, 0.1) is 16.3 Å². The number of hydrogen-bond acceptors (Lipinski definition) is 4. The predicted octanol–water partition coefficient (Wildman–Crippen LogP) is 4.40. The third kappa shape index (κ3) is 4.07. The number of rotatable bonds is 4. The number of halogens is 3. The van der Waals surface area contributed by atoms with Gasteiger partial charge in [-0.1, -0.05) is 23.7 Å². The summed E-state index contributed by atoms with van der Waals surface area (Å²) in [5, 5.41) is 5.87. The van der Waals surface area contributed by atoms with E-state index in [1.54, 1.807) is 24.3 Å². The van der Waals surface area contributed by atoms with Gasteiger partial charge in [-0.3, -0.25) is 4.79 Å². The Balaban J connectivity index is 1.70. The fourth-order valence-corrected chi connectivity index (χ4v) is 2.15. The number of nitrogens with zero attached hydrogens (tertiary/aromatic N) is 2. The van der Waals surface area contributed by atoms with Crippen molar-refractivity contribution in [3.05, 3.63) is 77.1 Å². The van der Waals surface area contributed by atoms with Crippen molar-refractivity contribution < 1.29 is 13.6 Å². The van der Waals surface area contributed by atoms with Crippen molar-refractivity contribution in [3.8, 4) is 0 Å². The highest BCUT2D eigenvalue weighted by molar-refractivity contribution is 6.33. The SMILES string of the molecule is O=C(Nc1ccc(F)c(F)c1)c1cnc(Nc2ccccc2Cl)nc1. The van der Waals surface area contributed by atoms with Gasteiger partial charge in [-0.2, -0.15) is 0 Å². The Labute approximate surface area is 146 Å². The average Bonchev–Trinajstić information content (AvgIpc) is 2.61. The molecule has 0 spiro atoms. The zero-order valence-corrected chi connectivity index (χ0v) is 13.4. The molecule has 8 heteroatoms. The summed E-state index contributed by atoms with van der Waals surface area (Å²) in [7, 11) is 0. The standard InChI is InChI=1S/C17H11ClF2N4O/c18-12-3-1-2-4-15(12)24-17-21-8-10(9-22-17)16(25)23-11-5-6-13(19)14(20)7-11/h1-9H,(H,23,25)(H,21,22,24). The third-order valence-electron chi connectivity index (χ3n) is 3.21. The molecule has 0 unspecified atom stereocenters. The molecule has 0 aliphatic rings. The van der Waals surface area contributed by atoms with Crippen LogP contribution in [0, 0.1) is 11.6 Å². The highest BCUT2D eigenvalue weighted by Crippen LogP contribution is 2.23. The Morgan fingerprint density at radius 2 is 1.72 bits per heavy atom. The van der Waals surface area contributed by atoms with E-state index >= 15 is 0 Å². The number of aromatic nitrogens is 2. The molecule has 25 heavy (non-hydrogen) atoms. The van der Waals surface area contributed by atoms with Crippen LogP contribution in [0.5, 0.6) is 0 Å². The lowest BCUT2D eigenvalue weighted by molar-refractivity contribution is 0.102. The molecule has 5 nitrogen and oxygen atoms in total. The van der Waals surface area contributed by atoms with Crippen molar-refractivity contribution >= 4 is 34.8 Å². The lowest BCUT2D eigenvalue weighted by Gasteiger charge is -2.08. The molecular formula is C17H11ClF2N4O. The second-order valence-electron chi connectivity index (χ2n) is 4.98. The fourth-order valence-electron chi connectivity index (χ4n) is 1.97. The largest absolute Gasteiger partial charge is 0.323 e. The predicted molar refractivity (Wildman–Crippen MR) is 91.1 cm³/mol. The van der Waals surface area contributed by atoms with Crippen LogP contribution >= 0.6 is 11.6 Å². The number of para-hydroxylation sites is 1. The molecule has 0 atom stereocenters. The lowest BCUT2D eigenvalue weighted by Crippen LogP contribution is -2.13. The van der Waals surface area contributed by atoms with E-state index in [0.29, 0.717) is 10.7 Å². The second kappa shape index (κ2) is 7.23. The Hall–Kier alpha value is -3.06. The van der Waals surface area contributed by atoms with Crippen LogP contribution < -0.4 is 10.6 Å². The minimum absolute atomic E-state index is 0.127. The summed E-state index contributed by atoms with van der Waals surface area (Å²) in [5.41, 5.74) is 0.916. The monoisotopic (exact) mass is 360 g/mol. The maximum Gasteiger partial charge on any atom is 0.258 e. The Kier molecular flexibility index (Phi) is 4.85. The van der Waals surface area contributed by atoms with Gasteiger partial charge in [-0.05, 0) is 24.3 Å². The summed E-state index contributed by atoms with van der Waals surface area (Å²) < 4.78 is 26.0. The molecule has 2 aromatic carbocycles. The van der Waals surface area contributed by atoms with Gasteiger partial charge in [-0.15, -0.1) is 0 Å². The van der Waals surface area contributed by atoms with Gasteiger partial charge in [0.1, 0.15) is 0 Å². The molecule has 1 aromatic heterocycles. The Bertz CT molecular complexity index is 919. The van der Waals surface area contributed by atoms with E-state index in [9.17, 15) is 13.6 Å². The van der Waals surface area contributed by atoms with E-state index in [-0.39, 0.29) is 17.2 Å². The van der Waals surface area contributed by atoms with Gasteiger partial charge < -0.3 is 10.6 Å². The number of amides is 1. The molecule has 1 heterocycles. The number of carbonyl (C=O) groups is 1. The van der Waals surface area contributed by atoms with Gasteiger partial charge in [0.15, 0.2) is 11.6 Å². The number of benzene rings is 2. The molecular weight excluding hydrogens is 350 g/mol. The molecule has 3 rings (SSSR count). The summed E-state index contributed by atoms with van der Waals surface area (Å²) >= 11 is 6.03. The zero-order chi connectivity index (χ0) is 17.8. The van der Waals surface area contributed by atoms with Gasteiger partial charge in [0.2, 0.25) is 5.95 Å². The Morgan fingerprint density at radius 1 is 1.00 bits per heavy atom. The van der Waals surface area contributed by atoms with Crippen LogP contribution in [0.15, 0.2) is 54.9 Å². The summed E-state index contributed by atoms with van der Waals surface area (Å²) in [6.45, 7) is 0. The number of nitrogens with one attached hydrogen (secondary N) is 2. The first-order valence-electron chi connectivity index (χ1n) is 7.13. The molecule has 2 N–H and O–H groups in total. The van der Waals surface area contributed by atoms with Crippen LogP contribution in [0.2, 0.25) is 5.02 Å². The average molecular weight is 361 g/mol. The molecule has 0 fully saturated rings. The Morgan fingerprint density at radius 3 is 2.40 bits per heavy atom. The third-order valence-corrected chi connectivity index (χ3v) is 3.54. The molecule has 126 valence electrons. The van der Waals surface area contributed by atoms with Crippen molar-refractivity contribution in [2.75, 3.05) is 10.6 Å². The summed E-state index contributed by atoms with van der Waals surface area (Å²) in [4.78, 5) is 20.2. The lowest BCUT2D eigenvalue weighted by atomic mass is 10.2. The molecule has 0 aliphatic carbocycles. The zero-order valence-electron chi connectivity index (χ0n) is 12.6. The molecule has 1 amide bonds. The van der Waals surface area contributed by atoms with E-state index in [2.05, 4.69) is 20.6 Å². The van der Waals surface area contributed by atoms with Crippen LogP contribution in [0.25, 0.3) is 0 Å². The van der Waals surface area contributed by atoms with E-state index in [0.717, 1.165) is 12.1 Å². The first kappa shape index (κ1) is 16.8. The fraction of sp³-hybridized carbons (Fsp3) is 0. The van der Waals surface area contributed by atoms with Gasteiger partial charge in [0, 0.05) is 24.1 Å². The molecule has 0 saturated heterocycles. The van der Waals surface area contributed by atoms with E-state index in [1.807, 2.05) is 0 Å². The number of hydrogen-bond donors (Lipinski definition) is 2. The minimum atomic E-state index is -1.05. The van der Waals surface area contributed by atoms with E-state index in [1.165, 1.54) is 18.5 Å². The van der Waals surface area contributed by atoms with Gasteiger partial charge in [-0.25, -0.2) is 18.7 Å². The first-order valence-corrected chi connectivity index (χ1v) is 7.51. The van der Waals surface area contributed by atoms with Crippen molar-refractivity contribution in [3.63, 3.8) is 0 Å². The summed E-state index contributed by atoms with van der Waals surface area (Å²) in [6, 6.07) is 10.1. The second-order valence-corrected chi connectivity index (χ2v) is 5.39. The molecule has 0 radical (unpaired) electrons. The van der Waals surface area contributed by atoms with Crippen molar-refractivity contribution in [2.24, 2.45) is 0 Å². The molecule has 0 saturated carbocycles. The van der Waals surface area contributed by atoms with Crippen molar-refractivity contribution in [1.29, 1.82) is 0 Å². The summed E-state index contributed by atoms with van der Waals surface area (Å²) in [6.07, 6.45) is 2.61. The number of carbonyl (C=O) groups excluding carboxylic acids is 1. The van der Waals surface area contributed by atoms with Crippen LogP contribution in [0.1, 0.15) is 10.4 Å². The number of anilines is 3. The quantitative estimate of drug-likeness (QED) is 0.723. The molecule has 0 aliphatic heterocycles. The maximum atomic E-state index is 13.2. The topological polar surface area (TPSA) is 66.9 Å². The minimum Gasteiger partial charge on any atom is -0.323 e. The van der Waals surface area contributed by atoms with Crippen LogP contribution in [-0.4, -0.2) is 15.9 Å². The van der Waals surface area contributed by atoms with Crippen LogP contribution in [-0.2, 0) is 0 Å². The smallest absolute Gasteiger partial charge is 0.258 e.